The van der Waals surface area contributed by atoms with Gasteiger partial charge in [-0.05, 0) is 49.4 Å². The van der Waals surface area contributed by atoms with Gasteiger partial charge in [0, 0.05) is 35.6 Å². The van der Waals surface area contributed by atoms with E-state index in [0.29, 0.717) is 24.1 Å². The molecule has 0 saturated carbocycles. The lowest BCUT2D eigenvalue weighted by molar-refractivity contribution is 0.120. The second kappa shape index (κ2) is 5.88. The van der Waals surface area contributed by atoms with Crippen LogP contribution in [-0.2, 0) is 16.3 Å². The molecule has 4 nitrogen and oxygen atoms in total. The minimum Gasteiger partial charge on any atom is -0.361 e. The molecule has 2 aromatic rings. The predicted molar refractivity (Wildman–Crippen MR) is 97.9 cm³/mol. The molecule has 1 saturated heterocycles. The highest BCUT2D eigenvalue weighted by atomic mass is 32.2. The Morgan fingerprint density at radius 3 is 3.00 bits per heavy atom. The van der Waals surface area contributed by atoms with Crippen LogP contribution in [0.2, 0.25) is 0 Å². The number of likely N-dealkylation sites (N-methyl/N-ethyl adjacent to an activating group) is 1. The molecule has 1 aliphatic carbocycles. The largest absolute Gasteiger partial charge is 0.361 e. The third kappa shape index (κ3) is 2.68. The molecule has 1 aromatic heterocycles. The lowest BCUT2D eigenvalue weighted by Crippen LogP contribution is -2.49. The lowest BCUT2D eigenvalue weighted by Gasteiger charge is -2.45. The summed E-state index contributed by atoms with van der Waals surface area (Å²) in [7, 11) is -0.841. The third-order valence-corrected chi connectivity index (χ3v) is 7.65. The average Bonchev–Trinajstić information content (AvgIpc) is 2.93. The fourth-order valence-corrected chi connectivity index (χ4v) is 6.40. The molecule has 2 heterocycles. The smallest absolute Gasteiger partial charge is 0.150 e. The van der Waals surface area contributed by atoms with Crippen LogP contribution >= 0.6 is 0 Å². The van der Waals surface area contributed by atoms with E-state index >= 15 is 0 Å². The molecule has 2 aliphatic rings. The summed E-state index contributed by atoms with van der Waals surface area (Å²) < 4.78 is 24.5. The zero-order valence-corrected chi connectivity index (χ0v) is 15.0. The van der Waals surface area contributed by atoms with Crippen molar-refractivity contribution in [2.45, 2.75) is 31.2 Å². The fourth-order valence-electron chi connectivity index (χ4n) is 4.84. The zero-order valence-electron chi connectivity index (χ0n) is 14.2. The molecule has 0 amide bonds. The zero-order chi connectivity index (χ0) is 16.9. The summed E-state index contributed by atoms with van der Waals surface area (Å²) in [6.45, 7) is 4.56. The molecule has 129 valence electrons. The molecule has 24 heavy (non-hydrogen) atoms. The molecule has 1 aliphatic heterocycles. The van der Waals surface area contributed by atoms with Crippen molar-refractivity contribution in [3.8, 4) is 0 Å². The molecule has 0 spiro atoms. The normalized spacial score (nSPS) is 27.3. The lowest BCUT2D eigenvalue weighted by atomic mass is 9.73. The highest BCUT2D eigenvalue weighted by Gasteiger charge is 2.40. The van der Waals surface area contributed by atoms with Crippen molar-refractivity contribution >= 4 is 20.7 Å². The van der Waals surface area contributed by atoms with Crippen molar-refractivity contribution < 1.29 is 8.42 Å². The number of likely N-dealkylation sites (tertiary alicyclic amines) is 1. The van der Waals surface area contributed by atoms with E-state index in [1.165, 1.54) is 22.0 Å². The van der Waals surface area contributed by atoms with Gasteiger partial charge in [0.1, 0.15) is 0 Å². The summed E-state index contributed by atoms with van der Waals surface area (Å²) in [5.74, 6) is 1.14. The molecular formula is C19H25N2O2S. The molecule has 1 radical (unpaired) electrons. The first-order valence-corrected chi connectivity index (χ1v) is 10.6. The standard InChI is InChI=1S/C19H25N2O2S/c1-3-7-24(22,23)12-13-8-16-15-5-4-6-17-19(15)14(10-20-17)9-18(16)21(2)11-13/h4-6,10,13,16,18,20H,1,3,7-9,11-12H2,2H3/t13-,16?,18-/m1/s1. The number of sulfone groups is 1. The van der Waals surface area contributed by atoms with Crippen LogP contribution < -0.4 is 0 Å². The Morgan fingerprint density at radius 2 is 2.21 bits per heavy atom. The van der Waals surface area contributed by atoms with E-state index < -0.39 is 9.84 Å². The van der Waals surface area contributed by atoms with E-state index in [9.17, 15) is 8.42 Å². The Bertz CT molecular complexity index is 855. The molecule has 0 bridgehead atoms. The van der Waals surface area contributed by atoms with Crippen molar-refractivity contribution in [2.24, 2.45) is 5.92 Å². The van der Waals surface area contributed by atoms with Gasteiger partial charge in [-0.1, -0.05) is 19.1 Å². The minimum absolute atomic E-state index is 0.207. The Morgan fingerprint density at radius 1 is 1.38 bits per heavy atom. The van der Waals surface area contributed by atoms with Crippen LogP contribution in [-0.4, -0.2) is 49.4 Å². The average molecular weight is 345 g/mol. The van der Waals surface area contributed by atoms with Crippen LogP contribution in [0.25, 0.3) is 10.9 Å². The monoisotopic (exact) mass is 345 g/mol. The topological polar surface area (TPSA) is 53.2 Å². The summed E-state index contributed by atoms with van der Waals surface area (Å²) in [4.78, 5) is 5.77. The van der Waals surface area contributed by atoms with Gasteiger partial charge in [-0.15, -0.1) is 0 Å². The molecule has 3 atom stereocenters. The first kappa shape index (κ1) is 16.2. The van der Waals surface area contributed by atoms with Crippen LogP contribution in [0.15, 0.2) is 24.4 Å². The van der Waals surface area contributed by atoms with Crippen molar-refractivity contribution in [1.82, 2.24) is 9.88 Å². The highest BCUT2D eigenvalue weighted by molar-refractivity contribution is 7.91. The van der Waals surface area contributed by atoms with E-state index in [0.717, 1.165) is 19.4 Å². The number of aromatic nitrogens is 1. The first-order valence-electron chi connectivity index (χ1n) is 8.77. The van der Waals surface area contributed by atoms with Gasteiger partial charge in [-0.3, -0.25) is 0 Å². The second-order valence-electron chi connectivity index (χ2n) is 7.47. The summed E-state index contributed by atoms with van der Waals surface area (Å²) in [6.07, 6.45) is 4.62. The predicted octanol–water partition coefficient (Wildman–Crippen LogP) is 2.77. The van der Waals surface area contributed by atoms with Gasteiger partial charge in [0.2, 0.25) is 0 Å². The number of piperidine rings is 1. The molecule has 1 aromatic carbocycles. The van der Waals surface area contributed by atoms with Gasteiger partial charge < -0.3 is 9.88 Å². The Balaban J connectivity index is 1.66. The Kier molecular flexibility index (Phi) is 3.96. The first-order chi connectivity index (χ1) is 11.5. The molecule has 4 rings (SSSR count). The molecule has 1 fully saturated rings. The molecule has 1 N–H and O–H groups in total. The van der Waals surface area contributed by atoms with E-state index in [-0.39, 0.29) is 11.7 Å². The summed E-state index contributed by atoms with van der Waals surface area (Å²) in [6, 6.07) is 6.96. The van der Waals surface area contributed by atoms with Gasteiger partial charge in [-0.2, -0.15) is 0 Å². The number of nitrogens with one attached hydrogen (secondary N) is 1. The quantitative estimate of drug-likeness (QED) is 0.927. The number of fused-ring (bicyclic) bond motifs is 2. The van der Waals surface area contributed by atoms with Crippen LogP contribution in [0.4, 0.5) is 0 Å². The maximum atomic E-state index is 12.2. The van der Waals surface area contributed by atoms with Crippen molar-refractivity contribution in [3.63, 3.8) is 0 Å². The SMILES string of the molecule is [CH2]CCS(=O)(=O)C[C@@H]1CC2c3cccc4[nH]cc(c34)C[C@H]2N(C)C1. The maximum absolute atomic E-state index is 12.2. The van der Waals surface area contributed by atoms with Gasteiger partial charge in [0.05, 0.1) is 11.5 Å². The van der Waals surface area contributed by atoms with Crippen molar-refractivity contribution in [2.75, 3.05) is 25.1 Å². The van der Waals surface area contributed by atoms with E-state index in [1.807, 2.05) is 0 Å². The molecular weight excluding hydrogens is 320 g/mol. The van der Waals surface area contributed by atoms with Crippen molar-refractivity contribution in [1.29, 1.82) is 0 Å². The highest BCUT2D eigenvalue weighted by Crippen LogP contribution is 2.44. The summed E-state index contributed by atoms with van der Waals surface area (Å²) in [5.41, 5.74) is 4.00. The Labute approximate surface area is 144 Å². The number of hydrogen-bond donors (Lipinski definition) is 1. The van der Waals surface area contributed by atoms with Gasteiger partial charge in [0.15, 0.2) is 9.84 Å². The summed E-state index contributed by atoms with van der Waals surface area (Å²) >= 11 is 0. The molecule has 1 unspecified atom stereocenters. The van der Waals surface area contributed by atoms with Crippen LogP contribution in [0.5, 0.6) is 0 Å². The molecule has 5 heteroatoms. The number of H-pyrrole nitrogens is 1. The number of hydrogen-bond acceptors (Lipinski definition) is 3. The van der Waals surface area contributed by atoms with Crippen LogP contribution in [0, 0.1) is 12.8 Å². The van der Waals surface area contributed by atoms with E-state index in [4.69, 9.17) is 0 Å². The number of nitrogens with zero attached hydrogens (tertiary/aromatic N) is 1. The minimum atomic E-state index is -2.99. The second-order valence-corrected chi connectivity index (χ2v) is 9.70. The van der Waals surface area contributed by atoms with E-state index in [2.05, 4.69) is 48.3 Å². The van der Waals surface area contributed by atoms with E-state index in [1.54, 1.807) is 0 Å². The number of aromatic amines is 1. The van der Waals surface area contributed by atoms with Gasteiger partial charge in [-0.25, -0.2) is 8.42 Å². The fraction of sp³-hybridized carbons (Fsp3) is 0.526. The van der Waals surface area contributed by atoms with Crippen LogP contribution in [0.1, 0.15) is 29.9 Å². The number of benzene rings is 1. The van der Waals surface area contributed by atoms with Crippen molar-refractivity contribution in [3.05, 3.63) is 42.4 Å². The Hall–Kier alpha value is -1.33. The van der Waals surface area contributed by atoms with Gasteiger partial charge in [0.25, 0.3) is 0 Å². The number of rotatable bonds is 4. The van der Waals surface area contributed by atoms with Crippen LogP contribution in [0.3, 0.4) is 0 Å². The van der Waals surface area contributed by atoms with Gasteiger partial charge >= 0.3 is 0 Å². The maximum Gasteiger partial charge on any atom is 0.150 e. The third-order valence-electron chi connectivity index (χ3n) is 5.76. The summed E-state index contributed by atoms with van der Waals surface area (Å²) in [5, 5.41) is 1.37.